The molecule has 4 heterocycles. The molecule has 0 spiro atoms. The van der Waals surface area contributed by atoms with Gasteiger partial charge in [-0.1, -0.05) is 11.8 Å². The van der Waals surface area contributed by atoms with Gasteiger partial charge >= 0.3 is 0 Å². The first-order chi connectivity index (χ1) is 15.5. The lowest BCUT2D eigenvalue weighted by Gasteiger charge is -2.09. The Morgan fingerprint density at radius 1 is 1.16 bits per heavy atom. The maximum Gasteiger partial charge on any atom is 0.196 e. The molecule has 0 aliphatic rings. The Labute approximate surface area is 193 Å². The Bertz CT molecular complexity index is 1470. The van der Waals surface area contributed by atoms with Crippen molar-refractivity contribution in [2.45, 2.75) is 25.9 Å². The highest BCUT2D eigenvalue weighted by molar-refractivity contribution is 7.99. The number of benzene rings is 1. The molecule has 0 aliphatic heterocycles. The monoisotopic (exact) mass is 463 g/mol. The topological polar surface area (TPSA) is 74.3 Å². The molecule has 0 amide bonds. The van der Waals surface area contributed by atoms with Crippen LogP contribution in [-0.4, -0.2) is 42.8 Å². The van der Waals surface area contributed by atoms with E-state index in [-0.39, 0.29) is 11.5 Å². The average Bonchev–Trinajstić information content (AvgIpc) is 3.51. The number of carbonyl (C=O) groups is 1. The predicted molar refractivity (Wildman–Crippen MR) is 128 cm³/mol. The van der Waals surface area contributed by atoms with E-state index in [4.69, 9.17) is 4.74 Å². The first-order valence-corrected chi connectivity index (χ1v) is 11.9. The molecule has 0 bridgehead atoms. The number of Topliss-reactive ketones (excluding diaryl/α,β-unsaturated/α-hetero) is 1. The van der Waals surface area contributed by atoms with Crippen molar-refractivity contribution in [3.05, 3.63) is 64.4 Å². The standard InChI is InChI=1S/C23H21N5O2S2/c1-13-9-21-25-26-23(28(21)19-11-16(30-4)5-6-17(13)19)32-12-20(29)18-10-14(2)27(15(18)3)22-24-7-8-31-22/h5-11H,12H2,1-4H3. The van der Waals surface area contributed by atoms with Gasteiger partial charge in [-0.15, -0.1) is 21.5 Å². The minimum absolute atomic E-state index is 0.0525. The highest BCUT2D eigenvalue weighted by atomic mass is 32.2. The van der Waals surface area contributed by atoms with Crippen molar-refractivity contribution < 1.29 is 9.53 Å². The predicted octanol–water partition coefficient (Wildman–Crippen LogP) is 5.04. The smallest absolute Gasteiger partial charge is 0.196 e. The Morgan fingerprint density at radius 3 is 2.75 bits per heavy atom. The molecule has 0 saturated heterocycles. The summed E-state index contributed by atoms with van der Waals surface area (Å²) in [6, 6.07) is 9.91. The zero-order chi connectivity index (χ0) is 22.4. The van der Waals surface area contributed by atoms with Crippen LogP contribution >= 0.6 is 23.1 Å². The van der Waals surface area contributed by atoms with E-state index in [1.807, 2.05) is 58.5 Å². The lowest BCUT2D eigenvalue weighted by atomic mass is 10.1. The number of carbonyl (C=O) groups excluding carboxylic acids is 1. The summed E-state index contributed by atoms with van der Waals surface area (Å²) in [5, 5.41) is 13.3. The van der Waals surface area contributed by atoms with Crippen LogP contribution in [0.4, 0.5) is 0 Å². The van der Waals surface area contributed by atoms with Crippen LogP contribution in [0.5, 0.6) is 5.75 Å². The van der Waals surface area contributed by atoms with Crippen LogP contribution in [0.3, 0.4) is 0 Å². The van der Waals surface area contributed by atoms with Gasteiger partial charge in [-0.3, -0.25) is 13.8 Å². The van der Waals surface area contributed by atoms with Gasteiger partial charge in [0.05, 0.1) is 18.4 Å². The quantitative estimate of drug-likeness (QED) is 0.259. The summed E-state index contributed by atoms with van der Waals surface area (Å²) in [7, 11) is 1.65. The van der Waals surface area contributed by atoms with Gasteiger partial charge in [0.1, 0.15) is 5.75 Å². The summed E-state index contributed by atoms with van der Waals surface area (Å²) in [5.74, 6) is 1.08. The number of aryl methyl sites for hydroxylation is 2. The second-order valence-corrected chi connectivity index (χ2v) is 9.35. The minimum Gasteiger partial charge on any atom is -0.497 e. The molecule has 0 unspecified atom stereocenters. The van der Waals surface area contributed by atoms with E-state index in [0.29, 0.717) is 10.7 Å². The van der Waals surface area contributed by atoms with E-state index in [9.17, 15) is 4.79 Å². The van der Waals surface area contributed by atoms with Gasteiger partial charge in [-0.25, -0.2) is 4.98 Å². The van der Waals surface area contributed by atoms with E-state index in [1.54, 1.807) is 24.6 Å². The summed E-state index contributed by atoms with van der Waals surface area (Å²) >= 11 is 2.94. The third-order valence-corrected chi connectivity index (χ3v) is 7.23. The fourth-order valence-corrected chi connectivity index (χ4v) is 5.58. The number of hydrogen-bond acceptors (Lipinski definition) is 7. The number of methoxy groups -OCH3 is 1. The van der Waals surface area contributed by atoms with E-state index < -0.39 is 0 Å². The first-order valence-electron chi connectivity index (χ1n) is 10.0. The number of ether oxygens (including phenoxy) is 1. The van der Waals surface area contributed by atoms with Crippen LogP contribution in [0.1, 0.15) is 27.3 Å². The molecule has 9 heteroatoms. The molecule has 1 aromatic carbocycles. The Hall–Kier alpha value is -3.17. The Morgan fingerprint density at radius 2 is 2.00 bits per heavy atom. The minimum atomic E-state index is 0.0525. The molecule has 4 aromatic heterocycles. The Kier molecular flexibility index (Phi) is 5.22. The third-order valence-electron chi connectivity index (χ3n) is 5.55. The third kappa shape index (κ3) is 3.37. The summed E-state index contributed by atoms with van der Waals surface area (Å²) in [6.45, 7) is 6.01. The number of rotatable bonds is 6. The second-order valence-electron chi connectivity index (χ2n) is 7.53. The summed E-state index contributed by atoms with van der Waals surface area (Å²) < 4.78 is 9.43. The van der Waals surface area contributed by atoms with Crippen molar-refractivity contribution in [1.82, 2.24) is 24.1 Å². The van der Waals surface area contributed by atoms with Crippen molar-refractivity contribution in [2.75, 3.05) is 12.9 Å². The van der Waals surface area contributed by atoms with Gasteiger partial charge in [0.25, 0.3) is 0 Å². The van der Waals surface area contributed by atoms with Crippen molar-refractivity contribution in [1.29, 1.82) is 0 Å². The highest BCUT2D eigenvalue weighted by Gasteiger charge is 2.19. The number of thiazole rings is 1. The van der Waals surface area contributed by atoms with E-state index >= 15 is 0 Å². The van der Waals surface area contributed by atoms with E-state index in [1.165, 1.54) is 11.8 Å². The van der Waals surface area contributed by atoms with Crippen LogP contribution in [0.25, 0.3) is 21.7 Å². The normalized spacial score (nSPS) is 11.5. The lowest BCUT2D eigenvalue weighted by Crippen LogP contribution is -2.06. The number of fused-ring (bicyclic) bond motifs is 3. The first kappa shape index (κ1) is 20.7. The number of nitrogens with zero attached hydrogens (tertiary/aromatic N) is 5. The summed E-state index contributed by atoms with van der Waals surface area (Å²) in [5.41, 5.74) is 5.43. The fraction of sp³-hybridized carbons (Fsp3) is 0.217. The van der Waals surface area contributed by atoms with Gasteiger partial charge in [-0.05, 0) is 50.6 Å². The number of thioether (sulfide) groups is 1. The maximum atomic E-state index is 13.1. The van der Waals surface area contributed by atoms with Crippen molar-refractivity contribution in [3.8, 4) is 10.9 Å². The van der Waals surface area contributed by atoms with Gasteiger partial charge in [-0.2, -0.15) is 0 Å². The SMILES string of the molecule is COc1ccc2c(C)cc3nnc(SCC(=O)c4cc(C)n(-c5nccs5)c4C)n3c2c1. The number of pyridine rings is 1. The van der Waals surface area contributed by atoms with E-state index in [0.717, 1.165) is 44.4 Å². The molecule has 5 aromatic rings. The van der Waals surface area contributed by atoms with Gasteiger partial charge in [0.15, 0.2) is 21.7 Å². The molecule has 0 fully saturated rings. The lowest BCUT2D eigenvalue weighted by molar-refractivity contribution is 0.102. The second kappa shape index (κ2) is 8.07. The number of ketones is 1. The molecule has 32 heavy (non-hydrogen) atoms. The summed E-state index contributed by atoms with van der Waals surface area (Å²) in [4.78, 5) is 17.5. The summed E-state index contributed by atoms with van der Waals surface area (Å²) in [6.07, 6.45) is 1.77. The fourth-order valence-electron chi connectivity index (χ4n) is 4.00. The molecular formula is C23H21N5O2S2. The number of hydrogen-bond donors (Lipinski definition) is 0. The van der Waals surface area contributed by atoms with Crippen LogP contribution in [-0.2, 0) is 0 Å². The molecule has 0 saturated carbocycles. The Balaban J connectivity index is 1.48. The molecule has 5 rings (SSSR count). The average molecular weight is 464 g/mol. The molecule has 0 radical (unpaired) electrons. The van der Waals surface area contributed by atoms with Gasteiger partial charge < -0.3 is 4.74 Å². The van der Waals surface area contributed by atoms with Crippen LogP contribution < -0.4 is 4.74 Å². The van der Waals surface area contributed by atoms with Crippen LogP contribution in [0.2, 0.25) is 0 Å². The van der Waals surface area contributed by atoms with Gasteiger partial charge in [0.2, 0.25) is 0 Å². The highest BCUT2D eigenvalue weighted by Crippen LogP contribution is 2.30. The molecule has 7 nitrogen and oxygen atoms in total. The molecular weight excluding hydrogens is 442 g/mol. The zero-order valence-corrected chi connectivity index (χ0v) is 19.8. The largest absolute Gasteiger partial charge is 0.497 e. The van der Waals surface area contributed by atoms with Gasteiger partial charge in [0, 0.05) is 40.0 Å². The van der Waals surface area contributed by atoms with Crippen LogP contribution in [0.15, 0.2) is 47.1 Å². The molecule has 0 N–H and O–H groups in total. The maximum absolute atomic E-state index is 13.1. The van der Waals surface area contributed by atoms with Crippen LogP contribution in [0, 0.1) is 20.8 Å². The van der Waals surface area contributed by atoms with Crippen molar-refractivity contribution in [2.24, 2.45) is 0 Å². The number of aromatic nitrogens is 5. The molecule has 162 valence electrons. The molecule has 0 atom stereocenters. The van der Waals surface area contributed by atoms with Crippen molar-refractivity contribution >= 4 is 45.4 Å². The van der Waals surface area contributed by atoms with Crippen molar-refractivity contribution in [3.63, 3.8) is 0 Å². The molecule has 0 aliphatic carbocycles. The van der Waals surface area contributed by atoms with E-state index in [2.05, 4.69) is 22.1 Å². The zero-order valence-electron chi connectivity index (χ0n) is 18.1.